The van der Waals surface area contributed by atoms with Gasteiger partial charge in [0.1, 0.15) is 5.82 Å². The quantitative estimate of drug-likeness (QED) is 0.734. The number of aromatic nitrogens is 2. The van der Waals surface area contributed by atoms with Crippen molar-refractivity contribution in [1.82, 2.24) is 14.9 Å². The highest BCUT2D eigenvalue weighted by molar-refractivity contribution is 4.94. The Bertz CT molecular complexity index is 272. The first-order valence-electron chi connectivity index (χ1n) is 6.47. The summed E-state index contributed by atoms with van der Waals surface area (Å²) in [6.07, 6.45) is 9.96. The van der Waals surface area contributed by atoms with Crippen LogP contribution in [0.1, 0.15) is 45.4 Å². The summed E-state index contributed by atoms with van der Waals surface area (Å²) in [6, 6.07) is 0.584. The van der Waals surface area contributed by atoms with E-state index in [9.17, 15) is 0 Å². The fourth-order valence-corrected chi connectivity index (χ4v) is 1.89. The standard InChI is InChI=1S/C13H25N3/c1-4-6-7-12(14-8-5-2)11-13-15-9-10-16(13)3/h9-10,12,14H,4-8,11H2,1-3H3. The number of imidazole rings is 1. The lowest BCUT2D eigenvalue weighted by Crippen LogP contribution is -2.32. The number of nitrogens with one attached hydrogen (secondary N) is 1. The smallest absolute Gasteiger partial charge is 0.109 e. The Balaban J connectivity index is 2.45. The monoisotopic (exact) mass is 223 g/mol. The second-order valence-electron chi connectivity index (χ2n) is 4.45. The lowest BCUT2D eigenvalue weighted by molar-refractivity contribution is 0.450. The molecule has 0 aliphatic carbocycles. The van der Waals surface area contributed by atoms with Crippen LogP contribution in [0, 0.1) is 0 Å². The Morgan fingerprint density at radius 3 is 2.75 bits per heavy atom. The van der Waals surface area contributed by atoms with E-state index in [4.69, 9.17) is 0 Å². The molecule has 92 valence electrons. The lowest BCUT2D eigenvalue weighted by atomic mass is 10.1. The zero-order valence-electron chi connectivity index (χ0n) is 10.9. The molecule has 0 spiro atoms. The molecule has 1 aromatic rings. The summed E-state index contributed by atoms with van der Waals surface area (Å²) in [5.74, 6) is 1.18. The molecule has 0 amide bonds. The predicted molar refractivity (Wildman–Crippen MR) is 68.5 cm³/mol. The van der Waals surface area contributed by atoms with Crippen molar-refractivity contribution in [3.8, 4) is 0 Å². The first-order chi connectivity index (χ1) is 7.77. The second kappa shape index (κ2) is 7.44. The van der Waals surface area contributed by atoms with Gasteiger partial charge in [-0.2, -0.15) is 0 Å². The van der Waals surface area contributed by atoms with Crippen LogP contribution >= 0.6 is 0 Å². The third kappa shape index (κ3) is 4.35. The summed E-state index contributed by atoms with van der Waals surface area (Å²) < 4.78 is 2.12. The minimum Gasteiger partial charge on any atom is -0.338 e. The summed E-state index contributed by atoms with van der Waals surface area (Å²) in [4.78, 5) is 4.39. The number of rotatable bonds is 8. The minimum absolute atomic E-state index is 0.584. The molecule has 3 nitrogen and oxygen atoms in total. The summed E-state index contributed by atoms with van der Waals surface area (Å²) >= 11 is 0. The number of hydrogen-bond donors (Lipinski definition) is 1. The molecule has 1 rings (SSSR count). The summed E-state index contributed by atoms with van der Waals surface area (Å²) in [5.41, 5.74) is 0. The molecule has 1 N–H and O–H groups in total. The highest BCUT2D eigenvalue weighted by atomic mass is 15.0. The van der Waals surface area contributed by atoms with Crippen molar-refractivity contribution in [2.24, 2.45) is 7.05 Å². The SMILES string of the molecule is CCCCC(Cc1nccn1C)NCCC. The number of aryl methyl sites for hydroxylation is 1. The average Bonchev–Trinajstić information content (AvgIpc) is 2.68. The highest BCUT2D eigenvalue weighted by Gasteiger charge is 2.10. The van der Waals surface area contributed by atoms with Gasteiger partial charge in [-0.15, -0.1) is 0 Å². The van der Waals surface area contributed by atoms with Gasteiger partial charge in [-0.1, -0.05) is 26.7 Å². The molecule has 3 heteroatoms. The van der Waals surface area contributed by atoms with Crippen LogP contribution in [0.2, 0.25) is 0 Å². The van der Waals surface area contributed by atoms with Crippen LogP contribution < -0.4 is 5.32 Å². The van der Waals surface area contributed by atoms with Gasteiger partial charge in [-0.05, 0) is 19.4 Å². The van der Waals surface area contributed by atoms with Crippen molar-refractivity contribution in [3.05, 3.63) is 18.2 Å². The van der Waals surface area contributed by atoms with Crippen LogP contribution in [0.4, 0.5) is 0 Å². The maximum absolute atomic E-state index is 4.39. The fourth-order valence-electron chi connectivity index (χ4n) is 1.89. The molecule has 0 bridgehead atoms. The van der Waals surface area contributed by atoms with Gasteiger partial charge in [-0.3, -0.25) is 0 Å². The van der Waals surface area contributed by atoms with E-state index in [1.165, 1.54) is 31.5 Å². The maximum Gasteiger partial charge on any atom is 0.109 e. The van der Waals surface area contributed by atoms with Gasteiger partial charge in [0.2, 0.25) is 0 Å². The molecule has 0 radical (unpaired) electrons. The number of unbranched alkanes of at least 4 members (excludes halogenated alkanes) is 1. The first kappa shape index (κ1) is 13.2. The van der Waals surface area contributed by atoms with E-state index < -0.39 is 0 Å². The zero-order valence-corrected chi connectivity index (χ0v) is 10.9. The molecular weight excluding hydrogens is 198 g/mol. The normalized spacial score (nSPS) is 12.9. The van der Waals surface area contributed by atoms with E-state index in [2.05, 4.69) is 35.8 Å². The van der Waals surface area contributed by atoms with Gasteiger partial charge in [0.05, 0.1) is 0 Å². The number of hydrogen-bond acceptors (Lipinski definition) is 2. The molecule has 0 aliphatic heterocycles. The van der Waals surface area contributed by atoms with Gasteiger partial charge >= 0.3 is 0 Å². The van der Waals surface area contributed by atoms with Crippen LogP contribution in [-0.4, -0.2) is 22.1 Å². The Kier molecular flexibility index (Phi) is 6.16. The van der Waals surface area contributed by atoms with Gasteiger partial charge in [-0.25, -0.2) is 4.98 Å². The van der Waals surface area contributed by atoms with Gasteiger partial charge in [0.25, 0.3) is 0 Å². The van der Waals surface area contributed by atoms with Crippen LogP contribution in [0.15, 0.2) is 12.4 Å². The van der Waals surface area contributed by atoms with E-state index in [1.807, 2.05) is 12.4 Å². The largest absolute Gasteiger partial charge is 0.338 e. The van der Waals surface area contributed by atoms with Crippen molar-refractivity contribution >= 4 is 0 Å². The molecule has 1 heterocycles. The molecule has 0 saturated heterocycles. The van der Waals surface area contributed by atoms with E-state index in [0.29, 0.717) is 6.04 Å². The van der Waals surface area contributed by atoms with E-state index in [1.54, 1.807) is 0 Å². The third-order valence-electron chi connectivity index (χ3n) is 2.94. The van der Waals surface area contributed by atoms with E-state index in [-0.39, 0.29) is 0 Å². The van der Waals surface area contributed by atoms with Gasteiger partial charge in [0.15, 0.2) is 0 Å². The summed E-state index contributed by atoms with van der Waals surface area (Å²) in [7, 11) is 2.07. The molecule has 0 saturated carbocycles. The highest BCUT2D eigenvalue weighted by Crippen LogP contribution is 2.07. The van der Waals surface area contributed by atoms with Gasteiger partial charge in [0, 0.05) is 31.9 Å². The maximum atomic E-state index is 4.39. The molecule has 1 unspecified atom stereocenters. The van der Waals surface area contributed by atoms with Crippen LogP contribution in [-0.2, 0) is 13.5 Å². The zero-order chi connectivity index (χ0) is 11.8. The third-order valence-corrected chi connectivity index (χ3v) is 2.94. The Hall–Kier alpha value is -0.830. The molecule has 1 atom stereocenters. The van der Waals surface area contributed by atoms with Crippen LogP contribution in [0.25, 0.3) is 0 Å². The Morgan fingerprint density at radius 1 is 1.38 bits per heavy atom. The fraction of sp³-hybridized carbons (Fsp3) is 0.769. The topological polar surface area (TPSA) is 29.9 Å². The molecule has 1 aromatic heterocycles. The molecule has 16 heavy (non-hydrogen) atoms. The van der Waals surface area contributed by atoms with Crippen molar-refractivity contribution in [3.63, 3.8) is 0 Å². The predicted octanol–water partition coefficient (Wildman–Crippen LogP) is 2.52. The Morgan fingerprint density at radius 2 is 2.19 bits per heavy atom. The van der Waals surface area contributed by atoms with E-state index >= 15 is 0 Å². The van der Waals surface area contributed by atoms with Crippen molar-refractivity contribution in [2.75, 3.05) is 6.54 Å². The van der Waals surface area contributed by atoms with Crippen LogP contribution in [0.3, 0.4) is 0 Å². The minimum atomic E-state index is 0.584. The van der Waals surface area contributed by atoms with Crippen molar-refractivity contribution in [1.29, 1.82) is 0 Å². The lowest BCUT2D eigenvalue weighted by Gasteiger charge is -2.17. The number of nitrogens with zero attached hydrogens (tertiary/aromatic N) is 2. The van der Waals surface area contributed by atoms with Crippen LogP contribution in [0.5, 0.6) is 0 Å². The van der Waals surface area contributed by atoms with Crippen molar-refractivity contribution < 1.29 is 0 Å². The van der Waals surface area contributed by atoms with Crippen molar-refractivity contribution in [2.45, 2.75) is 52.0 Å². The molecular formula is C13H25N3. The van der Waals surface area contributed by atoms with E-state index in [0.717, 1.165) is 13.0 Å². The molecule has 0 aromatic carbocycles. The molecule has 0 fully saturated rings. The first-order valence-corrected chi connectivity index (χ1v) is 6.47. The summed E-state index contributed by atoms with van der Waals surface area (Å²) in [5, 5.41) is 3.62. The average molecular weight is 223 g/mol. The summed E-state index contributed by atoms with van der Waals surface area (Å²) in [6.45, 7) is 5.57. The van der Waals surface area contributed by atoms with Gasteiger partial charge < -0.3 is 9.88 Å². The molecule has 0 aliphatic rings. The second-order valence-corrected chi connectivity index (χ2v) is 4.45. The Labute approximate surface area is 99.3 Å².